The zero-order valence-corrected chi connectivity index (χ0v) is 23.9. The van der Waals surface area contributed by atoms with Gasteiger partial charge < -0.3 is 38.7 Å². The zero-order valence-electron chi connectivity index (χ0n) is 23.9. The van der Waals surface area contributed by atoms with Gasteiger partial charge in [-0.2, -0.15) is 0 Å². The Morgan fingerprint density at radius 1 is 0.976 bits per heavy atom. The first-order valence-corrected chi connectivity index (χ1v) is 14.5. The topological polar surface area (TPSA) is 165 Å². The van der Waals surface area contributed by atoms with E-state index in [4.69, 9.17) is 23.4 Å². The largest absolute Gasteiger partial charge is 0.472 e. The Labute approximate surface area is 237 Å². The SMILES string of the molecule is CC(=O)O[C@@H]1C[C@H](O)[C@@]23CO[C@@H](O)[C@]1(C)[C@@H]2CC(O)[C@]1(C)[C@@H]3C(=O)[C@H](OC(C)=O)[C@@]2(C)[C@H](c3ccoc3)C[C@H]3O[C@]321. The van der Waals surface area contributed by atoms with Crippen molar-refractivity contribution in [2.24, 2.45) is 33.5 Å². The van der Waals surface area contributed by atoms with E-state index in [1.165, 1.54) is 13.8 Å². The molecule has 4 aliphatic carbocycles. The van der Waals surface area contributed by atoms with Gasteiger partial charge in [0.2, 0.25) is 0 Å². The summed E-state index contributed by atoms with van der Waals surface area (Å²) in [4.78, 5) is 39.7. The fourth-order valence-corrected chi connectivity index (χ4v) is 11.0. The van der Waals surface area contributed by atoms with Crippen LogP contribution in [0.1, 0.15) is 65.4 Å². The number of esters is 2. The molecule has 1 unspecified atom stereocenters. The molecule has 1 aromatic heterocycles. The molecule has 7 rings (SSSR count). The van der Waals surface area contributed by atoms with Crippen LogP contribution in [0.2, 0.25) is 0 Å². The molecule has 3 heterocycles. The van der Waals surface area contributed by atoms with E-state index in [9.17, 15) is 24.9 Å². The number of ketones is 1. The molecular weight excluding hydrogens is 536 g/mol. The third kappa shape index (κ3) is 2.85. The number of hydrogen-bond donors (Lipinski definition) is 3. The number of aliphatic hydroxyl groups excluding tert-OH is 3. The summed E-state index contributed by atoms with van der Waals surface area (Å²) in [6.07, 6.45) is -2.27. The van der Waals surface area contributed by atoms with E-state index in [0.29, 0.717) is 6.42 Å². The van der Waals surface area contributed by atoms with Crippen molar-refractivity contribution in [3.8, 4) is 0 Å². The van der Waals surface area contributed by atoms with Gasteiger partial charge >= 0.3 is 11.9 Å². The molecule has 11 heteroatoms. The van der Waals surface area contributed by atoms with Crippen LogP contribution < -0.4 is 0 Å². The number of furan rings is 1. The van der Waals surface area contributed by atoms with Crippen LogP contribution in [-0.4, -0.2) is 82.1 Å². The normalized spacial score (nSPS) is 54.7. The first-order valence-electron chi connectivity index (χ1n) is 14.5. The summed E-state index contributed by atoms with van der Waals surface area (Å²) in [7, 11) is 0. The molecule has 3 N–H and O–H groups in total. The maximum atomic E-state index is 15.0. The number of fused-ring (bicyclic) bond motifs is 1. The van der Waals surface area contributed by atoms with Crippen LogP contribution >= 0.6 is 0 Å². The smallest absolute Gasteiger partial charge is 0.303 e. The molecule has 0 radical (unpaired) electrons. The predicted molar refractivity (Wildman–Crippen MR) is 137 cm³/mol. The highest BCUT2D eigenvalue weighted by molar-refractivity contribution is 5.93. The molecule has 6 fully saturated rings. The third-order valence-electron chi connectivity index (χ3n) is 12.6. The summed E-state index contributed by atoms with van der Waals surface area (Å²) in [6.45, 7) is 7.85. The average molecular weight is 575 g/mol. The van der Waals surface area contributed by atoms with Gasteiger partial charge in [-0.15, -0.1) is 0 Å². The second-order valence-corrected chi connectivity index (χ2v) is 13.9. The van der Waals surface area contributed by atoms with Gasteiger partial charge in [0.1, 0.15) is 11.7 Å². The number of Topliss-reactive ketones (excluding diaryl/α,β-unsaturated/α-hetero) is 1. The fraction of sp³-hybridized carbons (Fsp3) is 0.767. The number of rotatable bonds is 3. The zero-order chi connectivity index (χ0) is 29.5. The van der Waals surface area contributed by atoms with Crippen LogP contribution in [0.3, 0.4) is 0 Å². The molecular formula is C30H38O11. The van der Waals surface area contributed by atoms with E-state index in [0.717, 1.165) is 5.56 Å². The van der Waals surface area contributed by atoms with Crippen LogP contribution in [0.4, 0.5) is 0 Å². The summed E-state index contributed by atoms with van der Waals surface area (Å²) in [5.41, 5.74) is -4.93. The predicted octanol–water partition coefficient (Wildman–Crippen LogP) is 1.47. The van der Waals surface area contributed by atoms with Gasteiger partial charge in [-0.1, -0.05) is 20.8 Å². The Balaban J connectivity index is 1.44. The van der Waals surface area contributed by atoms with Gasteiger partial charge in [0, 0.05) is 42.9 Å². The highest BCUT2D eigenvalue weighted by Crippen LogP contribution is 2.82. The second-order valence-electron chi connectivity index (χ2n) is 13.9. The Morgan fingerprint density at radius 2 is 1.68 bits per heavy atom. The lowest BCUT2D eigenvalue weighted by molar-refractivity contribution is -0.373. The lowest BCUT2D eigenvalue weighted by Gasteiger charge is -2.73. The van der Waals surface area contributed by atoms with E-state index >= 15 is 4.79 Å². The van der Waals surface area contributed by atoms with Gasteiger partial charge in [-0.05, 0) is 30.4 Å². The molecule has 41 heavy (non-hydrogen) atoms. The van der Waals surface area contributed by atoms with Crippen LogP contribution in [0.25, 0.3) is 0 Å². The highest BCUT2D eigenvalue weighted by Gasteiger charge is 2.92. The van der Waals surface area contributed by atoms with E-state index in [-0.39, 0.29) is 31.5 Å². The maximum Gasteiger partial charge on any atom is 0.303 e. The molecule has 1 aromatic rings. The minimum atomic E-state index is -1.36. The first kappa shape index (κ1) is 27.5. The standard InChI is InChI=1S/C30H38O11/c1-13(31)39-20-10-19(34)29-12-38-25(36)26(20,3)17(29)9-18(33)28(5)23(29)22(35)24(40-14(2)32)27(4)16(15-6-7-37-11-15)8-21-30(27,28)41-21/h6-7,11,16-21,23-25,33-34,36H,8-10,12H2,1-5H3/t16-,17-,18?,19-,20+,21+,23-,24-,25+,26+,27+,28+,29+,30+/m0/s1. The lowest BCUT2D eigenvalue weighted by Crippen LogP contribution is -2.82. The number of carbonyl (C=O) groups excluding carboxylic acids is 3. The van der Waals surface area contributed by atoms with E-state index in [2.05, 4.69) is 0 Å². The molecule has 0 aromatic carbocycles. The molecule has 224 valence electrons. The molecule has 2 bridgehead atoms. The quantitative estimate of drug-likeness (QED) is 0.354. The molecule has 6 aliphatic rings. The molecule has 11 nitrogen and oxygen atoms in total. The van der Waals surface area contributed by atoms with Crippen LogP contribution in [0.5, 0.6) is 0 Å². The van der Waals surface area contributed by atoms with Gasteiger partial charge in [-0.25, -0.2) is 0 Å². The minimum Gasteiger partial charge on any atom is -0.472 e. The van der Waals surface area contributed by atoms with Crippen molar-refractivity contribution in [1.82, 2.24) is 0 Å². The summed E-state index contributed by atoms with van der Waals surface area (Å²) in [6, 6.07) is 1.84. The lowest BCUT2D eigenvalue weighted by atomic mass is 9.33. The van der Waals surface area contributed by atoms with Crippen molar-refractivity contribution < 1.29 is 53.1 Å². The van der Waals surface area contributed by atoms with Crippen LogP contribution in [0, 0.1) is 33.5 Å². The van der Waals surface area contributed by atoms with Crippen molar-refractivity contribution in [3.63, 3.8) is 0 Å². The van der Waals surface area contributed by atoms with Gasteiger partial charge in [0.25, 0.3) is 0 Å². The number of epoxide rings is 1. The van der Waals surface area contributed by atoms with Gasteiger partial charge in [-0.3, -0.25) is 14.4 Å². The Hall–Kier alpha value is -2.31. The van der Waals surface area contributed by atoms with Gasteiger partial charge in [0.05, 0.1) is 48.3 Å². The molecule has 2 saturated heterocycles. The Morgan fingerprint density at radius 3 is 2.32 bits per heavy atom. The molecule has 4 saturated carbocycles. The number of aliphatic hydroxyl groups is 3. The van der Waals surface area contributed by atoms with Crippen LogP contribution in [-0.2, 0) is 33.3 Å². The molecule has 2 aliphatic heterocycles. The summed E-state index contributed by atoms with van der Waals surface area (Å²) in [5.74, 6) is -3.56. The van der Waals surface area contributed by atoms with Crippen molar-refractivity contribution in [1.29, 1.82) is 0 Å². The summed E-state index contributed by atoms with van der Waals surface area (Å²) < 4.78 is 29.5. The molecule has 0 amide bonds. The van der Waals surface area contributed by atoms with E-state index in [1.807, 2.05) is 19.9 Å². The van der Waals surface area contributed by atoms with E-state index < -0.39 is 87.5 Å². The second kappa shape index (κ2) is 8.19. The monoisotopic (exact) mass is 574 g/mol. The van der Waals surface area contributed by atoms with Crippen LogP contribution in [0.15, 0.2) is 23.0 Å². The summed E-state index contributed by atoms with van der Waals surface area (Å²) >= 11 is 0. The van der Waals surface area contributed by atoms with Crippen molar-refractivity contribution in [2.45, 2.75) is 102 Å². The Kier molecular flexibility index (Phi) is 5.50. The first-order chi connectivity index (χ1) is 19.2. The summed E-state index contributed by atoms with van der Waals surface area (Å²) in [5, 5.41) is 35.4. The average Bonchev–Trinajstić information content (AvgIpc) is 3.26. The van der Waals surface area contributed by atoms with Crippen molar-refractivity contribution in [2.75, 3.05) is 6.61 Å². The number of ether oxygens (including phenoxy) is 4. The highest BCUT2D eigenvalue weighted by atomic mass is 16.6. The van der Waals surface area contributed by atoms with Gasteiger partial charge in [0.15, 0.2) is 18.2 Å². The number of carbonyl (C=O) groups is 3. The number of hydrogen-bond acceptors (Lipinski definition) is 11. The van der Waals surface area contributed by atoms with Crippen molar-refractivity contribution in [3.05, 3.63) is 24.2 Å². The Bertz CT molecular complexity index is 1310. The third-order valence-corrected chi connectivity index (χ3v) is 12.6. The maximum absolute atomic E-state index is 15.0. The van der Waals surface area contributed by atoms with E-state index in [1.54, 1.807) is 19.5 Å². The fourth-order valence-electron chi connectivity index (χ4n) is 11.0. The van der Waals surface area contributed by atoms with Crippen molar-refractivity contribution >= 4 is 17.7 Å². The molecule has 14 atom stereocenters. The molecule has 1 spiro atoms. The minimum absolute atomic E-state index is 0.0205.